The Morgan fingerprint density at radius 1 is 1.16 bits per heavy atom. The van der Waals surface area contributed by atoms with E-state index in [1.165, 1.54) is 14.0 Å². The van der Waals surface area contributed by atoms with Crippen LogP contribution in [0.3, 0.4) is 0 Å². The van der Waals surface area contributed by atoms with Crippen LogP contribution in [0.5, 0.6) is 0 Å². The second kappa shape index (κ2) is 7.91. The molecule has 0 spiro atoms. The zero-order chi connectivity index (χ0) is 18.6. The Kier molecular flexibility index (Phi) is 5.89. The van der Waals surface area contributed by atoms with Gasteiger partial charge in [-0.3, -0.25) is 24.1 Å². The number of imide groups is 1. The van der Waals surface area contributed by atoms with Crippen molar-refractivity contribution in [3.8, 4) is 0 Å². The van der Waals surface area contributed by atoms with Gasteiger partial charge in [0.2, 0.25) is 17.7 Å². The summed E-state index contributed by atoms with van der Waals surface area (Å²) >= 11 is 0. The molecule has 1 fully saturated rings. The van der Waals surface area contributed by atoms with Gasteiger partial charge in [0, 0.05) is 7.05 Å². The van der Waals surface area contributed by atoms with Gasteiger partial charge < -0.3 is 15.4 Å². The highest BCUT2D eigenvalue weighted by molar-refractivity contribution is 6.08. The van der Waals surface area contributed by atoms with Crippen molar-refractivity contribution >= 4 is 29.6 Å². The molecule has 9 nitrogen and oxygen atoms in total. The molecule has 4 amide bonds. The highest BCUT2D eigenvalue weighted by Gasteiger charge is 2.50. The quantitative estimate of drug-likeness (QED) is 0.350. The minimum Gasteiger partial charge on any atom is -0.454 e. The van der Waals surface area contributed by atoms with Crippen LogP contribution in [0.1, 0.15) is 19.8 Å². The minimum absolute atomic E-state index is 0.234. The third-order valence-corrected chi connectivity index (χ3v) is 4.34. The third-order valence-electron chi connectivity index (χ3n) is 4.34. The first kappa shape index (κ1) is 18.6. The fourth-order valence-corrected chi connectivity index (χ4v) is 2.89. The van der Waals surface area contributed by atoms with Crippen LogP contribution >= 0.6 is 0 Å². The smallest absolute Gasteiger partial charge is 0.329 e. The van der Waals surface area contributed by atoms with Gasteiger partial charge in [-0.25, -0.2) is 4.79 Å². The van der Waals surface area contributed by atoms with Crippen molar-refractivity contribution in [3.63, 3.8) is 0 Å². The van der Waals surface area contributed by atoms with Crippen LogP contribution in [0.25, 0.3) is 0 Å². The molecule has 1 heterocycles. The van der Waals surface area contributed by atoms with Gasteiger partial charge in [0.1, 0.15) is 6.04 Å². The first-order valence-corrected chi connectivity index (χ1v) is 8.02. The van der Waals surface area contributed by atoms with Crippen LogP contribution in [-0.4, -0.2) is 60.7 Å². The normalized spacial score (nSPS) is 23.0. The minimum atomic E-state index is -1.10. The lowest BCUT2D eigenvalue weighted by molar-refractivity contribution is -0.159. The molecule has 0 aromatic carbocycles. The second-order valence-electron chi connectivity index (χ2n) is 5.94. The Hall–Kier alpha value is -2.71. The highest BCUT2D eigenvalue weighted by atomic mass is 16.5. The molecule has 136 valence electrons. The van der Waals surface area contributed by atoms with Crippen molar-refractivity contribution in [2.24, 2.45) is 11.8 Å². The van der Waals surface area contributed by atoms with E-state index >= 15 is 0 Å². The number of fused-ring (bicyclic) bond motifs is 1. The van der Waals surface area contributed by atoms with Crippen LogP contribution in [0.15, 0.2) is 12.2 Å². The third kappa shape index (κ3) is 4.04. The van der Waals surface area contributed by atoms with Gasteiger partial charge in [-0.1, -0.05) is 12.2 Å². The lowest BCUT2D eigenvalue weighted by Crippen LogP contribution is -2.45. The summed E-state index contributed by atoms with van der Waals surface area (Å²) in [6.07, 6.45) is 4.68. The summed E-state index contributed by atoms with van der Waals surface area (Å²) in [5.74, 6) is -3.50. The number of carbonyl (C=O) groups excluding carboxylic acids is 5. The zero-order valence-corrected chi connectivity index (χ0v) is 14.1. The molecule has 0 unspecified atom stereocenters. The van der Waals surface area contributed by atoms with E-state index in [9.17, 15) is 24.0 Å². The first-order valence-electron chi connectivity index (χ1n) is 8.02. The van der Waals surface area contributed by atoms with Gasteiger partial charge in [0.15, 0.2) is 6.61 Å². The number of carbonyl (C=O) groups is 5. The van der Waals surface area contributed by atoms with Gasteiger partial charge in [0.25, 0.3) is 5.91 Å². The molecule has 2 rings (SSSR count). The molecule has 1 aliphatic carbocycles. The molecular weight excluding hydrogens is 330 g/mol. The Balaban J connectivity index is 1.87. The Morgan fingerprint density at radius 3 is 2.24 bits per heavy atom. The molecule has 0 aromatic rings. The van der Waals surface area contributed by atoms with E-state index in [-0.39, 0.29) is 18.4 Å². The Bertz CT molecular complexity index is 603. The average molecular weight is 351 g/mol. The molecule has 2 aliphatic rings. The molecule has 0 aromatic heterocycles. The maximum atomic E-state index is 12.4. The summed E-state index contributed by atoms with van der Waals surface area (Å²) in [4.78, 5) is 60.3. The standard InChI is InChI=1S/C16H21N3O6/c1-9(16(24)25-8-13(21)18-7-12(20)17-2)19-14(22)10-5-3-4-6-11(10)15(19)23/h3-4,9-11H,5-8H2,1-2H3,(H,17,20)(H,18,21)/t9-,10+,11+/m0/s1. The van der Waals surface area contributed by atoms with Gasteiger partial charge in [-0.2, -0.15) is 0 Å². The lowest BCUT2D eigenvalue weighted by atomic mass is 9.85. The monoisotopic (exact) mass is 351 g/mol. The number of nitrogens with one attached hydrogen (secondary N) is 2. The van der Waals surface area contributed by atoms with E-state index in [2.05, 4.69) is 10.6 Å². The largest absolute Gasteiger partial charge is 0.454 e. The van der Waals surface area contributed by atoms with Crippen LogP contribution < -0.4 is 10.6 Å². The molecule has 2 N–H and O–H groups in total. The number of likely N-dealkylation sites (tertiary alicyclic amines) is 1. The number of amides is 4. The van der Waals surface area contributed by atoms with E-state index in [1.54, 1.807) is 0 Å². The molecule has 1 saturated heterocycles. The van der Waals surface area contributed by atoms with Crippen LogP contribution in [0, 0.1) is 11.8 Å². The summed E-state index contributed by atoms with van der Waals surface area (Å²) in [5.41, 5.74) is 0. The number of nitrogens with zero attached hydrogens (tertiary/aromatic N) is 1. The van der Waals surface area contributed by atoms with Gasteiger partial charge >= 0.3 is 5.97 Å². The average Bonchev–Trinajstić information content (AvgIpc) is 2.88. The van der Waals surface area contributed by atoms with Gasteiger partial charge in [-0.05, 0) is 19.8 Å². The first-order chi connectivity index (χ1) is 11.9. The molecule has 0 saturated carbocycles. The maximum Gasteiger partial charge on any atom is 0.329 e. The maximum absolute atomic E-state index is 12.4. The van der Waals surface area contributed by atoms with Crippen LogP contribution in [-0.2, 0) is 28.7 Å². The van der Waals surface area contributed by atoms with Crippen LogP contribution in [0.2, 0.25) is 0 Å². The molecule has 25 heavy (non-hydrogen) atoms. The van der Waals surface area contributed by atoms with Gasteiger partial charge in [-0.15, -0.1) is 0 Å². The summed E-state index contributed by atoms with van der Waals surface area (Å²) in [7, 11) is 1.42. The summed E-state index contributed by atoms with van der Waals surface area (Å²) in [6.45, 7) is 0.567. The van der Waals surface area contributed by atoms with E-state index < -0.39 is 42.3 Å². The van der Waals surface area contributed by atoms with Crippen molar-refractivity contribution in [1.82, 2.24) is 15.5 Å². The summed E-state index contributed by atoms with van der Waals surface area (Å²) in [5, 5.41) is 4.60. The summed E-state index contributed by atoms with van der Waals surface area (Å²) in [6, 6.07) is -1.10. The molecule has 1 aliphatic heterocycles. The highest BCUT2D eigenvalue weighted by Crippen LogP contribution is 2.36. The van der Waals surface area contributed by atoms with E-state index in [4.69, 9.17) is 4.74 Å². The molecule has 3 atom stereocenters. The number of hydrogen-bond acceptors (Lipinski definition) is 6. The zero-order valence-electron chi connectivity index (χ0n) is 14.1. The predicted octanol–water partition coefficient (Wildman–Crippen LogP) is -1.27. The van der Waals surface area contributed by atoms with Crippen molar-refractivity contribution in [3.05, 3.63) is 12.2 Å². The topological polar surface area (TPSA) is 122 Å². The Morgan fingerprint density at radius 2 is 1.72 bits per heavy atom. The Labute approximate surface area is 144 Å². The summed E-state index contributed by atoms with van der Waals surface area (Å²) < 4.78 is 4.85. The van der Waals surface area contributed by atoms with Crippen molar-refractivity contribution < 1.29 is 28.7 Å². The molecule has 9 heteroatoms. The fraction of sp³-hybridized carbons (Fsp3) is 0.562. The fourth-order valence-electron chi connectivity index (χ4n) is 2.89. The van der Waals surface area contributed by atoms with Crippen molar-refractivity contribution in [2.75, 3.05) is 20.2 Å². The number of allylic oxidation sites excluding steroid dienone is 2. The second-order valence-corrected chi connectivity index (χ2v) is 5.94. The number of likely N-dealkylation sites (N-methyl/N-ethyl adjacent to an activating group) is 1. The van der Waals surface area contributed by atoms with Crippen molar-refractivity contribution in [1.29, 1.82) is 0 Å². The van der Waals surface area contributed by atoms with E-state index in [0.29, 0.717) is 12.8 Å². The van der Waals surface area contributed by atoms with Crippen molar-refractivity contribution in [2.45, 2.75) is 25.8 Å². The number of rotatable bonds is 6. The number of hydrogen-bond donors (Lipinski definition) is 2. The van der Waals surface area contributed by atoms with E-state index in [1.807, 2.05) is 12.2 Å². The van der Waals surface area contributed by atoms with Crippen LogP contribution in [0.4, 0.5) is 0 Å². The SMILES string of the molecule is CNC(=O)CNC(=O)COC(=O)[C@H](C)N1C(=O)[C@@H]2CC=CC[C@H]2C1=O. The van der Waals surface area contributed by atoms with E-state index in [0.717, 1.165) is 4.90 Å². The number of esters is 1. The molecular formula is C16H21N3O6. The molecule has 0 bridgehead atoms. The molecule has 0 radical (unpaired) electrons. The van der Waals surface area contributed by atoms with Gasteiger partial charge in [0.05, 0.1) is 18.4 Å². The predicted molar refractivity (Wildman–Crippen MR) is 84.7 cm³/mol. The lowest BCUT2D eigenvalue weighted by Gasteiger charge is -2.21. The number of ether oxygens (including phenoxy) is 1.